The van der Waals surface area contributed by atoms with Gasteiger partial charge in [0.1, 0.15) is 18.1 Å². The van der Waals surface area contributed by atoms with Gasteiger partial charge in [0, 0.05) is 0 Å². The van der Waals surface area contributed by atoms with Crippen molar-refractivity contribution in [1.29, 1.82) is 0 Å². The Balaban J connectivity index is 2.83. The molecular weight excluding hydrogens is 172 g/mol. The summed E-state index contributed by atoms with van der Waals surface area (Å²) in [6.07, 6.45) is 0.0179. The van der Waals surface area contributed by atoms with E-state index in [9.17, 15) is 4.79 Å². The number of nitrogen functional groups attached to an aromatic ring is 1. The first kappa shape index (κ1) is 9.37. The molecule has 0 saturated carbocycles. The van der Waals surface area contributed by atoms with Crippen molar-refractivity contribution in [3.05, 3.63) is 11.6 Å². The number of ether oxygens (including phenoxy) is 1. The van der Waals surface area contributed by atoms with Crippen molar-refractivity contribution < 1.29 is 9.53 Å². The molecular formula is C7H10N4O2. The van der Waals surface area contributed by atoms with E-state index in [1.807, 2.05) is 0 Å². The second-order valence-corrected chi connectivity index (χ2v) is 2.41. The van der Waals surface area contributed by atoms with Crippen LogP contribution in [0.25, 0.3) is 0 Å². The normalized spacial score (nSPS) is 9.69. The molecule has 0 spiro atoms. The Morgan fingerprint density at radius 2 is 2.15 bits per heavy atom. The van der Waals surface area contributed by atoms with Crippen LogP contribution in [0.3, 0.4) is 0 Å². The summed E-state index contributed by atoms with van der Waals surface area (Å²) in [5, 5.41) is 0. The van der Waals surface area contributed by atoms with Crippen LogP contribution in [0.5, 0.6) is 0 Å². The average Bonchev–Trinajstić information content (AvgIpc) is 2.02. The van der Waals surface area contributed by atoms with Crippen LogP contribution < -0.4 is 5.73 Å². The van der Waals surface area contributed by atoms with Crippen molar-refractivity contribution in [3.63, 3.8) is 0 Å². The van der Waals surface area contributed by atoms with E-state index in [1.165, 1.54) is 7.11 Å². The summed E-state index contributed by atoms with van der Waals surface area (Å²) in [6, 6.07) is 0. The van der Waals surface area contributed by atoms with Crippen LogP contribution in [0.2, 0.25) is 0 Å². The monoisotopic (exact) mass is 182 g/mol. The number of hydrogen-bond acceptors (Lipinski definition) is 6. The molecule has 6 heteroatoms. The maximum absolute atomic E-state index is 10.8. The molecule has 0 saturated heterocycles. The van der Waals surface area contributed by atoms with Gasteiger partial charge in [-0.1, -0.05) is 0 Å². The molecule has 70 valence electrons. The van der Waals surface area contributed by atoms with Crippen LogP contribution in [0.4, 0.5) is 5.95 Å². The molecule has 1 rings (SSSR count). The third-order valence-corrected chi connectivity index (χ3v) is 1.34. The third-order valence-electron chi connectivity index (χ3n) is 1.34. The average molecular weight is 182 g/mol. The minimum Gasteiger partial charge on any atom is -0.469 e. The number of aryl methyl sites for hydroxylation is 1. The van der Waals surface area contributed by atoms with E-state index in [0.717, 1.165) is 0 Å². The number of carbonyl (C=O) groups is 1. The number of rotatable bonds is 2. The molecule has 0 aliphatic carbocycles. The quantitative estimate of drug-likeness (QED) is 0.618. The van der Waals surface area contributed by atoms with Gasteiger partial charge in [-0.15, -0.1) is 0 Å². The fourth-order valence-electron chi connectivity index (χ4n) is 0.840. The summed E-state index contributed by atoms with van der Waals surface area (Å²) in [5.41, 5.74) is 5.36. The van der Waals surface area contributed by atoms with Crippen LogP contribution in [-0.4, -0.2) is 28.0 Å². The molecule has 2 N–H and O–H groups in total. The Labute approximate surface area is 75.2 Å². The highest BCUT2D eigenvalue weighted by Gasteiger charge is 2.07. The number of nitrogens with zero attached hydrogens (tertiary/aromatic N) is 3. The van der Waals surface area contributed by atoms with Gasteiger partial charge in [-0.25, -0.2) is 4.98 Å². The van der Waals surface area contributed by atoms with Gasteiger partial charge in [-0.05, 0) is 6.92 Å². The van der Waals surface area contributed by atoms with Gasteiger partial charge in [-0.3, -0.25) is 4.79 Å². The van der Waals surface area contributed by atoms with Crippen LogP contribution >= 0.6 is 0 Å². The highest BCUT2D eigenvalue weighted by molar-refractivity contribution is 5.71. The topological polar surface area (TPSA) is 91.0 Å². The van der Waals surface area contributed by atoms with Crippen LogP contribution in [0, 0.1) is 6.92 Å². The minimum absolute atomic E-state index is 0.0179. The molecule has 0 amide bonds. The Hall–Kier alpha value is -1.72. The van der Waals surface area contributed by atoms with Crippen molar-refractivity contribution in [3.8, 4) is 0 Å². The van der Waals surface area contributed by atoms with Crippen molar-refractivity contribution >= 4 is 11.9 Å². The van der Waals surface area contributed by atoms with E-state index in [2.05, 4.69) is 19.7 Å². The molecule has 0 atom stereocenters. The Morgan fingerprint density at radius 1 is 1.46 bits per heavy atom. The maximum Gasteiger partial charge on any atom is 0.313 e. The third kappa shape index (κ3) is 2.66. The molecule has 0 bridgehead atoms. The Bertz CT molecular complexity index is 306. The van der Waals surface area contributed by atoms with Crippen molar-refractivity contribution in [2.24, 2.45) is 0 Å². The molecule has 0 aliphatic rings. The molecule has 0 unspecified atom stereocenters. The highest BCUT2D eigenvalue weighted by Crippen LogP contribution is 1.97. The number of esters is 1. The van der Waals surface area contributed by atoms with Crippen molar-refractivity contribution in [2.75, 3.05) is 12.8 Å². The predicted octanol–water partition coefficient (Wildman–Crippen LogP) is -0.522. The summed E-state index contributed by atoms with van der Waals surface area (Å²) in [7, 11) is 1.31. The van der Waals surface area contributed by atoms with Gasteiger partial charge in [0.05, 0.1) is 7.11 Å². The highest BCUT2D eigenvalue weighted by atomic mass is 16.5. The summed E-state index contributed by atoms with van der Waals surface area (Å²) >= 11 is 0. The minimum atomic E-state index is -0.398. The van der Waals surface area contributed by atoms with Crippen LogP contribution in [-0.2, 0) is 16.0 Å². The molecule has 0 aromatic carbocycles. The second-order valence-electron chi connectivity index (χ2n) is 2.41. The summed E-state index contributed by atoms with van der Waals surface area (Å²) in [5.74, 6) is 0.541. The lowest BCUT2D eigenvalue weighted by Crippen LogP contribution is -2.11. The SMILES string of the molecule is COC(=O)Cc1nc(C)nc(N)n1. The van der Waals surface area contributed by atoms with E-state index < -0.39 is 5.97 Å². The summed E-state index contributed by atoms with van der Waals surface area (Å²) < 4.78 is 4.45. The standard InChI is InChI=1S/C7H10N4O2/c1-4-9-5(3-6(12)13-2)11-7(8)10-4/h3H2,1-2H3,(H2,8,9,10,11). The lowest BCUT2D eigenvalue weighted by atomic mass is 10.4. The lowest BCUT2D eigenvalue weighted by molar-refractivity contribution is -0.139. The van der Waals surface area contributed by atoms with E-state index in [0.29, 0.717) is 11.6 Å². The van der Waals surface area contributed by atoms with Gasteiger partial charge in [0.15, 0.2) is 0 Å². The first-order valence-electron chi connectivity index (χ1n) is 3.65. The zero-order chi connectivity index (χ0) is 9.84. The number of methoxy groups -OCH3 is 1. The smallest absolute Gasteiger partial charge is 0.313 e. The first-order valence-corrected chi connectivity index (χ1v) is 3.65. The fraction of sp³-hybridized carbons (Fsp3) is 0.429. The maximum atomic E-state index is 10.8. The van der Waals surface area contributed by atoms with Gasteiger partial charge in [0.25, 0.3) is 0 Å². The van der Waals surface area contributed by atoms with E-state index >= 15 is 0 Å². The first-order chi connectivity index (χ1) is 6.11. The molecule has 1 aromatic heterocycles. The number of hydrogen-bond donors (Lipinski definition) is 1. The number of aromatic nitrogens is 3. The van der Waals surface area contributed by atoms with Crippen LogP contribution in [0.1, 0.15) is 11.6 Å². The molecule has 6 nitrogen and oxygen atoms in total. The predicted molar refractivity (Wildman–Crippen MR) is 44.7 cm³/mol. The van der Waals surface area contributed by atoms with Crippen LogP contribution in [0.15, 0.2) is 0 Å². The zero-order valence-corrected chi connectivity index (χ0v) is 7.44. The molecule has 0 radical (unpaired) electrons. The molecule has 0 fully saturated rings. The van der Waals surface area contributed by atoms with E-state index in [1.54, 1.807) is 6.92 Å². The van der Waals surface area contributed by atoms with E-state index in [4.69, 9.17) is 5.73 Å². The summed E-state index contributed by atoms with van der Waals surface area (Å²) in [6.45, 7) is 1.68. The fourth-order valence-corrected chi connectivity index (χ4v) is 0.840. The Morgan fingerprint density at radius 3 is 2.69 bits per heavy atom. The van der Waals surface area contributed by atoms with Crippen molar-refractivity contribution in [1.82, 2.24) is 15.0 Å². The largest absolute Gasteiger partial charge is 0.469 e. The van der Waals surface area contributed by atoms with Crippen molar-refractivity contribution in [2.45, 2.75) is 13.3 Å². The van der Waals surface area contributed by atoms with E-state index in [-0.39, 0.29) is 12.4 Å². The van der Waals surface area contributed by atoms with Gasteiger partial charge >= 0.3 is 5.97 Å². The summed E-state index contributed by atoms with van der Waals surface area (Å²) in [4.78, 5) is 22.3. The van der Waals surface area contributed by atoms with Gasteiger partial charge in [0.2, 0.25) is 5.95 Å². The molecule has 1 aromatic rings. The van der Waals surface area contributed by atoms with Gasteiger partial charge in [-0.2, -0.15) is 9.97 Å². The number of anilines is 1. The molecule has 0 aliphatic heterocycles. The lowest BCUT2D eigenvalue weighted by Gasteiger charge is -2.00. The zero-order valence-electron chi connectivity index (χ0n) is 7.44. The number of nitrogens with two attached hydrogens (primary N) is 1. The molecule has 13 heavy (non-hydrogen) atoms. The molecule has 1 heterocycles. The van der Waals surface area contributed by atoms with Gasteiger partial charge < -0.3 is 10.5 Å². The second kappa shape index (κ2) is 3.79. The number of carbonyl (C=O) groups excluding carboxylic acids is 1. The Kier molecular flexibility index (Phi) is 2.73.